The standard InChI is InChI=1S/C15H18FNO3/c1-10(18)13-7-6-11(16)8-14(13)20-9-15(19)17-12-4-2-3-5-12/h6-8,12H,2-5,9H2,1H3,(H,17,19). The van der Waals surface area contributed by atoms with E-state index in [1.807, 2.05) is 0 Å². The van der Waals surface area contributed by atoms with Crippen LogP contribution >= 0.6 is 0 Å². The summed E-state index contributed by atoms with van der Waals surface area (Å²) in [6.45, 7) is 1.17. The molecule has 0 radical (unpaired) electrons. The van der Waals surface area contributed by atoms with Crippen LogP contribution in [0.25, 0.3) is 0 Å². The molecule has 1 saturated carbocycles. The highest BCUT2D eigenvalue weighted by Crippen LogP contribution is 2.21. The molecule has 4 nitrogen and oxygen atoms in total. The monoisotopic (exact) mass is 279 g/mol. The van der Waals surface area contributed by atoms with Crippen molar-refractivity contribution >= 4 is 11.7 Å². The van der Waals surface area contributed by atoms with Crippen molar-refractivity contribution in [3.8, 4) is 5.75 Å². The Hall–Kier alpha value is -1.91. The highest BCUT2D eigenvalue weighted by molar-refractivity contribution is 5.96. The minimum atomic E-state index is -0.499. The van der Waals surface area contributed by atoms with E-state index < -0.39 is 5.82 Å². The topological polar surface area (TPSA) is 55.4 Å². The van der Waals surface area contributed by atoms with Gasteiger partial charge in [-0.1, -0.05) is 12.8 Å². The van der Waals surface area contributed by atoms with Gasteiger partial charge in [-0.3, -0.25) is 9.59 Å². The van der Waals surface area contributed by atoms with E-state index in [0.29, 0.717) is 0 Å². The molecule has 1 amide bonds. The van der Waals surface area contributed by atoms with E-state index in [0.717, 1.165) is 31.7 Å². The first-order valence-electron chi connectivity index (χ1n) is 6.79. The number of hydrogen-bond acceptors (Lipinski definition) is 3. The first kappa shape index (κ1) is 14.5. The minimum absolute atomic E-state index is 0.110. The van der Waals surface area contributed by atoms with Crippen molar-refractivity contribution < 1.29 is 18.7 Å². The minimum Gasteiger partial charge on any atom is -0.483 e. The lowest BCUT2D eigenvalue weighted by molar-refractivity contribution is -0.123. The number of amides is 1. The Balaban J connectivity index is 1.94. The SMILES string of the molecule is CC(=O)c1ccc(F)cc1OCC(=O)NC1CCCC1. The van der Waals surface area contributed by atoms with E-state index >= 15 is 0 Å². The zero-order chi connectivity index (χ0) is 14.5. The van der Waals surface area contributed by atoms with Crippen LogP contribution in [0.3, 0.4) is 0 Å². The van der Waals surface area contributed by atoms with Crippen LogP contribution < -0.4 is 10.1 Å². The van der Waals surface area contributed by atoms with Gasteiger partial charge in [0.15, 0.2) is 12.4 Å². The number of benzene rings is 1. The van der Waals surface area contributed by atoms with E-state index in [4.69, 9.17) is 4.74 Å². The number of hydrogen-bond donors (Lipinski definition) is 1. The van der Waals surface area contributed by atoms with Crippen LogP contribution in [0.15, 0.2) is 18.2 Å². The van der Waals surface area contributed by atoms with Gasteiger partial charge < -0.3 is 10.1 Å². The molecular weight excluding hydrogens is 261 g/mol. The maximum Gasteiger partial charge on any atom is 0.258 e. The fourth-order valence-corrected chi connectivity index (χ4v) is 2.39. The number of ether oxygens (including phenoxy) is 1. The Kier molecular flexibility index (Phi) is 4.71. The molecule has 0 spiro atoms. The second-order valence-electron chi connectivity index (χ2n) is 5.03. The van der Waals surface area contributed by atoms with Crippen LogP contribution in [-0.4, -0.2) is 24.3 Å². The molecule has 0 bridgehead atoms. The molecule has 1 N–H and O–H groups in total. The smallest absolute Gasteiger partial charge is 0.258 e. The van der Waals surface area contributed by atoms with Gasteiger partial charge in [-0.15, -0.1) is 0 Å². The number of Topliss-reactive ketones (excluding diaryl/α,β-unsaturated/α-hetero) is 1. The van der Waals surface area contributed by atoms with E-state index in [1.165, 1.54) is 19.1 Å². The van der Waals surface area contributed by atoms with Gasteiger partial charge in [-0.25, -0.2) is 4.39 Å². The molecule has 5 heteroatoms. The summed E-state index contributed by atoms with van der Waals surface area (Å²) < 4.78 is 18.4. The van der Waals surface area contributed by atoms with Crippen molar-refractivity contribution in [2.24, 2.45) is 0 Å². The molecule has 2 rings (SSSR count). The van der Waals surface area contributed by atoms with Gasteiger partial charge in [0.2, 0.25) is 0 Å². The van der Waals surface area contributed by atoms with Gasteiger partial charge in [0.05, 0.1) is 5.56 Å². The second-order valence-corrected chi connectivity index (χ2v) is 5.03. The van der Waals surface area contributed by atoms with Crippen LogP contribution in [0, 0.1) is 5.82 Å². The molecule has 0 aromatic heterocycles. The van der Waals surface area contributed by atoms with E-state index in [2.05, 4.69) is 5.32 Å². The van der Waals surface area contributed by atoms with Gasteiger partial charge in [-0.05, 0) is 31.9 Å². The quantitative estimate of drug-likeness (QED) is 0.842. The summed E-state index contributed by atoms with van der Waals surface area (Å²) in [4.78, 5) is 23.1. The summed E-state index contributed by atoms with van der Waals surface area (Å²) in [6, 6.07) is 3.90. The van der Waals surface area contributed by atoms with E-state index in [9.17, 15) is 14.0 Å². The van der Waals surface area contributed by atoms with Crippen molar-refractivity contribution in [1.29, 1.82) is 0 Å². The normalized spacial score (nSPS) is 15.1. The Morgan fingerprint density at radius 2 is 2.05 bits per heavy atom. The fraction of sp³-hybridized carbons (Fsp3) is 0.467. The number of halogens is 1. The molecular formula is C15H18FNO3. The summed E-state index contributed by atoms with van der Waals surface area (Å²) in [7, 11) is 0. The summed E-state index contributed by atoms with van der Waals surface area (Å²) in [5.74, 6) is -0.855. The third-order valence-corrected chi connectivity index (χ3v) is 3.40. The molecule has 1 aliphatic carbocycles. The Bertz CT molecular complexity index is 510. The van der Waals surface area contributed by atoms with Gasteiger partial charge in [-0.2, -0.15) is 0 Å². The van der Waals surface area contributed by atoms with Crippen LogP contribution in [0.4, 0.5) is 4.39 Å². The van der Waals surface area contributed by atoms with Crippen molar-refractivity contribution in [2.45, 2.75) is 38.6 Å². The van der Waals surface area contributed by atoms with E-state index in [-0.39, 0.29) is 35.7 Å². The Morgan fingerprint density at radius 3 is 2.70 bits per heavy atom. The predicted octanol–water partition coefficient (Wildman–Crippen LogP) is 2.47. The maximum absolute atomic E-state index is 13.2. The second kappa shape index (κ2) is 6.50. The average molecular weight is 279 g/mol. The first-order chi connectivity index (χ1) is 9.56. The van der Waals surface area contributed by atoms with Gasteiger partial charge in [0.25, 0.3) is 5.91 Å². The molecule has 0 heterocycles. The van der Waals surface area contributed by atoms with Crippen LogP contribution in [0.2, 0.25) is 0 Å². The molecule has 0 saturated heterocycles. The molecule has 20 heavy (non-hydrogen) atoms. The summed E-state index contributed by atoms with van der Waals surface area (Å²) in [6.07, 6.45) is 4.24. The average Bonchev–Trinajstić information content (AvgIpc) is 2.89. The molecule has 1 aromatic rings. The van der Waals surface area contributed by atoms with Crippen molar-refractivity contribution in [3.63, 3.8) is 0 Å². The summed E-state index contributed by atoms with van der Waals surface area (Å²) in [5.41, 5.74) is 0.278. The van der Waals surface area contributed by atoms with Crippen molar-refractivity contribution in [2.75, 3.05) is 6.61 Å². The lowest BCUT2D eigenvalue weighted by Crippen LogP contribution is -2.36. The third-order valence-electron chi connectivity index (χ3n) is 3.40. The predicted molar refractivity (Wildman–Crippen MR) is 72.3 cm³/mol. The maximum atomic E-state index is 13.2. The Labute approximate surface area is 117 Å². The largest absolute Gasteiger partial charge is 0.483 e. The lowest BCUT2D eigenvalue weighted by atomic mass is 10.1. The van der Waals surface area contributed by atoms with Crippen LogP contribution in [-0.2, 0) is 4.79 Å². The van der Waals surface area contributed by atoms with Gasteiger partial charge in [0, 0.05) is 12.1 Å². The molecule has 0 atom stereocenters. The number of carbonyl (C=O) groups excluding carboxylic acids is 2. The van der Waals surface area contributed by atoms with Gasteiger partial charge in [0.1, 0.15) is 11.6 Å². The highest BCUT2D eigenvalue weighted by Gasteiger charge is 2.18. The van der Waals surface area contributed by atoms with Crippen molar-refractivity contribution in [3.05, 3.63) is 29.6 Å². The first-order valence-corrected chi connectivity index (χ1v) is 6.79. The van der Waals surface area contributed by atoms with Gasteiger partial charge >= 0.3 is 0 Å². The zero-order valence-electron chi connectivity index (χ0n) is 11.4. The third kappa shape index (κ3) is 3.79. The number of ketones is 1. The summed E-state index contributed by atoms with van der Waals surface area (Å²) in [5, 5.41) is 2.87. The highest BCUT2D eigenvalue weighted by atomic mass is 19.1. The molecule has 1 fully saturated rings. The molecule has 0 aliphatic heterocycles. The molecule has 1 aromatic carbocycles. The zero-order valence-corrected chi connectivity index (χ0v) is 11.4. The molecule has 0 unspecified atom stereocenters. The van der Waals surface area contributed by atoms with Crippen molar-refractivity contribution in [1.82, 2.24) is 5.32 Å². The number of nitrogens with one attached hydrogen (secondary N) is 1. The fourth-order valence-electron chi connectivity index (χ4n) is 2.39. The number of rotatable bonds is 5. The lowest BCUT2D eigenvalue weighted by Gasteiger charge is -2.13. The van der Waals surface area contributed by atoms with E-state index in [1.54, 1.807) is 0 Å². The molecule has 108 valence electrons. The summed E-state index contributed by atoms with van der Waals surface area (Å²) >= 11 is 0. The Morgan fingerprint density at radius 1 is 1.35 bits per heavy atom. The number of carbonyl (C=O) groups is 2. The van der Waals surface area contributed by atoms with Crippen LogP contribution in [0.5, 0.6) is 5.75 Å². The molecule has 1 aliphatic rings. The van der Waals surface area contributed by atoms with Crippen LogP contribution in [0.1, 0.15) is 43.0 Å².